The molecule has 0 saturated heterocycles. The third-order valence-corrected chi connectivity index (χ3v) is 4.30. The fourth-order valence-corrected chi connectivity index (χ4v) is 2.87. The molecule has 1 aromatic carbocycles. The lowest BCUT2D eigenvalue weighted by atomic mass is 10.2. The summed E-state index contributed by atoms with van der Waals surface area (Å²) in [6, 6.07) is 5.56. The summed E-state index contributed by atoms with van der Waals surface area (Å²) in [5.41, 5.74) is 1.73. The van der Waals surface area contributed by atoms with Crippen molar-refractivity contribution in [3.8, 4) is 0 Å². The minimum absolute atomic E-state index is 0.168. The normalized spacial score (nSPS) is 11.2. The molecule has 8 heteroatoms. The molecule has 1 aromatic heterocycles. The van der Waals surface area contributed by atoms with Gasteiger partial charge < -0.3 is 10.2 Å². The maximum absolute atomic E-state index is 13.2. The van der Waals surface area contributed by atoms with Gasteiger partial charge in [-0.25, -0.2) is 4.39 Å². The number of likely N-dealkylation sites (N-methyl/N-ethyl adjacent to an activating group) is 1. The van der Waals surface area contributed by atoms with Gasteiger partial charge in [-0.2, -0.15) is 5.10 Å². The molecule has 1 heterocycles. The van der Waals surface area contributed by atoms with E-state index in [1.807, 2.05) is 6.92 Å². The maximum atomic E-state index is 13.2. The van der Waals surface area contributed by atoms with Crippen molar-refractivity contribution in [2.75, 3.05) is 18.9 Å². The smallest absolute Gasteiger partial charge is 0.246 e. The molecule has 0 aliphatic carbocycles. The van der Waals surface area contributed by atoms with Crippen molar-refractivity contribution in [3.63, 3.8) is 0 Å². The Hall–Kier alpha value is -2.67. The van der Waals surface area contributed by atoms with Gasteiger partial charge in [0.1, 0.15) is 11.0 Å². The van der Waals surface area contributed by atoms with E-state index in [1.54, 1.807) is 16.8 Å². The molecule has 0 fully saturated rings. The number of rotatable bonds is 7. The number of anilines is 1. The van der Waals surface area contributed by atoms with E-state index < -0.39 is 11.7 Å². The zero-order valence-corrected chi connectivity index (χ0v) is 17.1. The molecule has 0 atom stereocenters. The second-order valence-electron chi connectivity index (χ2n) is 6.95. The number of amides is 2. The van der Waals surface area contributed by atoms with E-state index in [0.29, 0.717) is 28.9 Å². The maximum Gasteiger partial charge on any atom is 0.246 e. The second kappa shape index (κ2) is 9.50. The van der Waals surface area contributed by atoms with Crippen LogP contribution in [0.3, 0.4) is 0 Å². The Morgan fingerprint density at radius 3 is 2.75 bits per heavy atom. The number of nitrogens with one attached hydrogen (secondary N) is 1. The second-order valence-corrected chi connectivity index (χ2v) is 7.31. The molecule has 0 unspecified atom stereocenters. The number of aryl methyl sites for hydroxylation is 1. The number of aromatic nitrogens is 2. The van der Waals surface area contributed by atoms with Crippen LogP contribution < -0.4 is 5.32 Å². The highest BCUT2D eigenvalue weighted by atomic mass is 35.5. The van der Waals surface area contributed by atoms with Gasteiger partial charge in [-0.05, 0) is 37.1 Å². The van der Waals surface area contributed by atoms with E-state index in [2.05, 4.69) is 24.3 Å². The molecule has 0 spiro atoms. The monoisotopic (exact) mass is 406 g/mol. The fourth-order valence-electron chi connectivity index (χ4n) is 2.57. The molecule has 6 nitrogen and oxygen atoms in total. The quantitative estimate of drug-likeness (QED) is 0.712. The lowest BCUT2D eigenvalue weighted by molar-refractivity contribution is -0.129. The highest BCUT2D eigenvalue weighted by Crippen LogP contribution is 2.22. The van der Waals surface area contributed by atoms with Gasteiger partial charge in [-0.15, -0.1) is 0 Å². The Kier molecular flexibility index (Phi) is 7.34. The van der Waals surface area contributed by atoms with Crippen molar-refractivity contribution >= 4 is 35.2 Å². The van der Waals surface area contributed by atoms with E-state index in [9.17, 15) is 14.0 Å². The number of carbonyl (C=O) groups excluding carboxylic acids is 2. The summed E-state index contributed by atoms with van der Waals surface area (Å²) >= 11 is 6.35. The number of carbonyl (C=O) groups is 2. The van der Waals surface area contributed by atoms with Crippen molar-refractivity contribution in [2.24, 2.45) is 5.92 Å². The Bertz CT molecular complexity index is 892. The first kappa shape index (κ1) is 21.6. The molecular formula is C20H24ClFN4O2. The van der Waals surface area contributed by atoms with Crippen LogP contribution in [0, 0.1) is 18.7 Å². The summed E-state index contributed by atoms with van der Waals surface area (Å²) in [6.07, 6.45) is 2.95. The van der Waals surface area contributed by atoms with Crippen molar-refractivity contribution in [3.05, 3.63) is 52.6 Å². The number of hydrogen-bond donors (Lipinski definition) is 1. The van der Waals surface area contributed by atoms with E-state index >= 15 is 0 Å². The van der Waals surface area contributed by atoms with Gasteiger partial charge in [0.25, 0.3) is 0 Å². The van der Waals surface area contributed by atoms with Crippen LogP contribution in [0.5, 0.6) is 0 Å². The van der Waals surface area contributed by atoms with Crippen molar-refractivity contribution in [2.45, 2.75) is 27.3 Å². The summed E-state index contributed by atoms with van der Waals surface area (Å²) in [7, 11) is 1.51. The van der Waals surface area contributed by atoms with Crippen LogP contribution in [0.15, 0.2) is 30.3 Å². The lowest BCUT2D eigenvalue weighted by Gasteiger charge is -2.14. The van der Waals surface area contributed by atoms with Crippen molar-refractivity contribution in [1.82, 2.24) is 14.7 Å². The third-order valence-electron chi connectivity index (χ3n) is 3.91. The lowest BCUT2D eigenvalue weighted by Crippen LogP contribution is -2.33. The molecule has 28 heavy (non-hydrogen) atoms. The standard InChI is InChI=1S/C20H24ClFN4O2/c1-13(2)11-26-20(21)17(14(3)24-26)8-9-19(28)25(4)12-18(27)23-16-7-5-6-15(22)10-16/h5-10,13H,11-12H2,1-4H3,(H,23,27)/b9-8+. The van der Waals surface area contributed by atoms with E-state index in [0.717, 1.165) is 5.69 Å². The summed E-state index contributed by atoms with van der Waals surface area (Å²) in [5, 5.41) is 7.41. The van der Waals surface area contributed by atoms with E-state index in [-0.39, 0.29) is 12.5 Å². The van der Waals surface area contributed by atoms with Gasteiger partial charge in [-0.1, -0.05) is 31.5 Å². The average molecular weight is 407 g/mol. The van der Waals surface area contributed by atoms with Gasteiger partial charge in [0.2, 0.25) is 11.8 Å². The Morgan fingerprint density at radius 1 is 1.39 bits per heavy atom. The number of halogens is 2. The molecule has 2 amide bonds. The topological polar surface area (TPSA) is 67.2 Å². The van der Waals surface area contributed by atoms with Gasteiger partial charge >= 0.3 is 0 Å². The summed E-state index contributed by atoms with van der Waals surface area (Å²) in [4.78, 5) is 25.6. The highest BCUT2D eigenvalue weighted by Gasteiger charge is 2.14. The molecular weight excluding hydrogens is 383 g/mol. The largest absolute Gasteiger partial charge is 0.333 e. The number of nitrogens with zero attached hydrogens (tertiary/aromatic N) is 3. The predicted molar refractivity (Wildman–Crippen MR) is 109 cm³/mol. The molecule has 150 valence electrons. The van der Waals surface area contributed by atoms with Crippen LogP contribution in [0.1, 0.15) is 25.1 Å². The van der Waals surface area contributed by atoms with Crippen LogP contribution >= 0.6 is 11.6 Å². The number of benzene rings is 1. The number of hydrogen-bond acceptors (Lipinski definition) is 3. The Morgan fingerprint density at radius 2 is 2.11 bits per heavy atom. The van der Waals surface area contributed by atoms with Crippen LogP contribution in [0.2, 0.25) is 5.15 Å². The third kappa shape index (κ3) is 5.92. The Balaban J connectivity index is 1.98. The molecule has 0 saturated carbocycles. The summed E-state index contributed by atoms with van der Waals surface area (Å²) < 4.78 is 14.9. The fraction of sp³-hybridized carbons (Fsp3) is 0.350. The van der Waals surface area contributed by atoms with E-state index in [4.69, 9.17) is 11.6 Å². The molecule has 1 N–H and O–H groups in total. The summed E-state index contributed by atoms with van der Waals surface area (Å²) in [5.74, 6) is -0.844. The molecule has 2 rings (SSSR count). The van der Waals surface area contributed by atoms with Crippen LogP contribution in [0.25, 0.3) is 6.08 Å². The van der Waals surface area contributed by atoms with Gasteiger partial charge in [-0.3, -0.25) is 14.3 Å². The van der Waals surface area contributed by atoms with Crippen LogP contribution in [-0.2, 0) is 16.1 Å². The molecule has 0 bridgehead atoms. The van der Waals surface area contributed by atoms with Gasteiger partial charge in [0.15, 0.2) is 0 Å². The zero-order chi connectivity index (χ0) is 20.8. The molecule has 0 aliphatic heterocycles. The summed E-state index contributed by atoms with van der Waals surface area (Å²) in [6.45, 7) is 6.47. The predicted octanol–water partition coefficient (Wildman–Crippen LogP) is 3.75. The molecule has 0 aliphatic rings. The molecule has 0 radical (unpaired) electrons. The minimum Gasteiger partial charge on any atom is -0.333 e. The van der Waals surface area contributed by atoms with Crippen LogP contribution in [-0.4, -0.2) is 40.1 Å². The first-order chi connectivity index (χ1) is 13.2. The van der Waals surface area contributed by atoms with Gasteiger partial charge in [0, 0.05) is 30.9 Å². The minimum atomic E-state index is -0.449. The zero-order valence-electron chi connectivity index (χ0n) is 16.4. The van der Waals surface area contributed by atoms with Crippen molar-refractivity contribution < 1.29 is 14.0 Å². The molecule has 2 aromatic rings. The van der Waals surface area contributed by atoms with Crippen LogP contribution in [0.4, 0.5) is 10.1 Å². The van der Waals surface area contributed by atoms with E-state index in [1.165, 1.54) is 36.2 Å². The first-order valence-electron chi connectivity index (χ1n) is 8.89. The Labute approximate surface area is 169 Å². The first-order valence-corrected chi connectivity index (χ1v) is 9.26. The highest BCUT2D eigenvalue weighted by molar-refractivity contribution is 6.31. The van der Waals surface area contributed by atoms with Crippen molar-refractivity contribution in [1.29, 1.82) is 0 Å². The van der Waals surface area contributed by atoms with Gasteiger partial charge in [0.05, 0.1) is 12.2 Å². The SMILES string of the molecule is Cc1nn(CC(C)C)c(Cl)c1/C=C/C(=O)N(C)CC(=O)Nc1cccc(F)c1. The average Bonchev–Trinajstić information content (AvgIpc) is 2.85.